The first kappa shape index (κ1) is 12.9. The molecule has 0 fully saturated rings. The lowest BCUT2D eigenvalue weighted by molar-refractivity contribution is 0.112. The van der Waals surface area contributed by atoms with Gasteiger partial charge in [-0.15, -0.1) is 11.3 Å². The van der Waals surface area contributed by atoms with E-state index in [-0.39, 0.29) is 4.99 Å². The second-order valence-corrected chi connectivity index (χ2v) is 5.10. The van der Waals surface area contributed by atoms with Gasteiger partial charge in [-0.1, -0.05) is 29.9 Å². The van der Waals surface area contributed by atoms with Gasteiger partial charge < -0.3 is 0 Å². The van der Waals surface area contributed by atoms with Crippen molar-refractivity contribution < 1.29 is 10.0 Å². The highest BCUT2D eigenvalue weighted by Crippen LogP contribution is 2.21. The number of anilines is 1. The van der Waals surface area contributed by atoms with Crippen molar-refractivity contribution >= 4 is 40.5 Å². The topological polar surface area (TPSA) is 40.5 Å². The maximum atomic E-state index is 10.8. The number of hydroxylamine groups is 1. The summed E-state index contributed by atoms with van der Waals surface area (Å²) in [6.07, 6.45) is 0.745. The average molecular weight is 277 g/mol. The molecule has 0 bridgehead atoms. The molecule has 1 aromatic carbocycles. The second kappa shape index (κ2) is 5.39. The van der Waals surface area contributed by atoms with Gasteiger partial charge in [-0.3, -0.25) is 10.0 Å². The summed E-state index contributed by atoms with van der Waals surface area (Å²) in [5.74, 6) is 0. The van der Waals surface area contributed by atoms with Crippen molar-refractivity contribution in [1.29, 1.82) is 0 Å². The Kier molecular flexibility index (Phi) is 3.86. The van der Waals surface area contributed by atoms with E-state index in [9.17, 15) is 10.0 Å². The summed E-state index contributed by atoms with van der Waals surface area (Å²) in [5, 5.41) is 12.7. The van der Waals surface area contributed by atoms with E-state index in [2.05, 4.69) is 0 Å². The fourth-order valence-corrected chi connectivity index (χ4v) is 2.55. The Morgan fingerprint density at radius 3 is 2.61 bits per heavy atom. The van der Waals surface area contributed by atoms with Gasteiger partial charge in [0.25, 0.3) is 0 Å². The van der Waals surface area contributed by atoms with Crippen LogP contribution in [0.4, 0.5) is 5.69 Å². The van der Waals surface area contributed by atoms with Gasteiger partial charge in [0.05, 0.1) is 10.6 Å². The van der Waals surface area contributed by atoms with E-state index in [1.54, 1.807) is 23.6 Å². The monoisotopic (exact) mass is 277 g/mol. The second-order valence-electron chi connectivity index (χ2n) is 3.77. The van der Waals surface area contributed by atoms with Crippen LogP contribution in [-0.4, -0.2) is 16.5 Å². The van der Waals surface area contributed by atoms with E-state index in [1.807, 2.05) is 19.1 Å². The van der Waals surface area contributed by atoms with Crippen molar-refractivity contribution in [3.05, 3.63) is 51.7 Å². The summed E-state index contributed by atoms with van der Waals surface area (Å²) < 4.78 is 0. The zero-order valence-electron chi connectivity index (χ0n) is 9.66. The van der Waals surface area contributed by atoms with E-state index >= 15 is 0 Å². The van der Waals surface area contributed by atoms with Crippen LogP contribution < -0.4 is 5.06 Å². The van der Waals surface area contributed by atoms with Crippen LogP contribution >= 0.6 is 23.6 Å². The Labute approximate surface area is 114 Å². The maximum absolute atomic E-state index is 10.8. The van der Waals surface area contributed by atoms with Gasteiger partial charge in [-0.05, 0) is 30.5 Å². The zero-order valence-corrected chi connectivity index (χ0v) is 11.3. The highest BCUT2D eigenvalue weighted by atomic mass is 32.1. The van der Waals surface area contributed by atoms with E-state index in [4.69, 9.17) is 12.2 Å². The molecule has 18 heavy (non-hydrogen) atoms. The molecule has 1 aromatic heterocycles. The first-order valence-corrected chi connectivity index (χ1v) is 6.55. The third kappa shape index (κ3) is 2.48. The van der Waals surface area contributed by atoms with Crippen LogP contribution in [-0.2, 0) is 0 Å². The molecule has 0 aliphatic rings. The first-order chi connectivity index (χ1) is 8.63. The number of thiocarbonyl (C=S) groups is 1. The molecule has 0 aliphatic heterocycles. The van der Waals surface area contributed by atoms with Gasteiger partial charge >= 0.3 is 0 Å². The molecule has 0 radical (unpaired) electrons. The predicted octanol–water partition coefficient (Wildman–Crippen LogP) is 3.44. The number of hydrogen-bond acceptors (Lipinski definition) is 4. The van der Waals surface area contributed by atoms with E-state index in [1.165, 1.54) is 11.3 Å². The number of aldehydes is 1. The number of rotatable bonds is 3. The van der Waals surface area contributed by atoms with E-state index in [0.717, 1.165) is 16.9 Å². The summed E-state index contributed by atoms with van der Waals surface area (Å²) in [6, 6.07) is 9.04. The molecule has 0 spiro atoms. The Morgan fingerprint density at radius 1 is 1.33 bits per heavy atom. The van der Waals surface area contributed by atoms with Crippen LogP contribution in [0.5, 0.6) is 0 Å². The van der Waals surface area contributed by atoms with Crippen LogP contribution in [0.2, 0.25) is 0 Å². The summed E-state index contributed by atoms with van der Waals surface area (Å²) in [4.78, 5) is 11.6. The van der Waals surface area contributed by atoms with Crippen LogP contribution in [0.1, 0.15) is 20.8 Å². The Bertz CT molecular complexity index is 575. The number of thiophene rings is 1. The largest absolute Gasteiger partial charge is 0.297 e. The van der Waals surface area contributed by atoms with Crippen LogP contribution in [0, 0.1) is 6.92 Å². The van der Waals surface area contributed by atoms with Crippen LogP contribution in [0.25, 0.3) is 0 Å². The summed E-state index contributed by atoms with van der Waals surface area (Å²) >= 11 is 6.49. The lowest BCUT2D eigenvalue weighted by atomic mass is 10.2. The lowest BCUT2D eigenvalue weighted by Gasteiger charge is -2.17. The predicted molar refractivity (Wildman–Crippen MR) is 76.9 cm³/mol. The fourth-order valence-electron chi connectivity index (χ4n) is 1.51. The van der Waals surface area contributed by atoms with Crippen molar-refractivity contribution in [3.8, 4) is 0 Å². The maximum Gasteiger partial charge on any atom is 0.160 e. The lowest BCUT2D eigenvalue weighted by Crippen LogP contribution is -2.26. The highest BCUT2D eigenvalue weighted by molar-refractivity contribution is 7.81. The molecule has 5 heteroatoms. The first-order valence-electron chi connectivity index (χ1n) is 5.26. The minimum Gasteiger partial charge on any atom is -0.297 e. The number of nitrogens with zero attached hydrogens (tertiary/aromatic N) is 1. The van der Waals surface area contributed by atoms with Gasteiger partial charge in [0, 0.05) is 5.56 Å². The molecule has 2 rings (SSSR count). The summed E-state index contributed by atoms with van der Waals surface area (Å²) in [7, 11) is 0. The minimum atomic E-state index is 0.224. The molecule has 3 nitrogen and oxygen atoms in total. The summed E-state index contributed by atoms with van der Waals surface area (Å²) in [6.45, 7) is 1.97. The Balaban J connectivity index is 2.29. The molecule has 0 aliphatic carbocycles. The van der Waals surface area contributed by atoms with Crippen molar-refractivity contribution in [2.75, 3.05) is 5.06 Å². The zero-order chi connectivity index (χ0) is 13.1. The molecule has 92 valence electrons. The fraction of sp³-hybridized carbons (Fsp3) is 0.0769. The Morgan fingerprint density at radius 2 is 2.00 bits per heavy atom. The number of hydrogen-bond donors (Lipinski definition) is 1. The van der Waals surface area contributed by atoms with Gasteiger partial charge in [-0.25, -0.2) is 5.06 Å². The molecule has 0 amide bonds. The van der Waals surface area contributed by atoms with Crippen molar-refractivity contribution in [2.45, 2.75) is 6.92 Å². The van der Waals surface area contributed by atoms with Gasteiger partial charge in [0.2, 0.25) is 0 Å². The SMILES string of the molecule is Cc1ccc(N(O)C(=S)c2ccsc2C=O)cc1. The van der Waals surface area contributed by atoms with Crippen molar-refractivity contribution in [2.24, 2.45) is 0 Å². The summed E-state index contributed by atoms with van der Waals surface area (Å²) in [5.41, 5.74) is 2.25. The van der Waals surface area contributed by atoms with Gasteiger partial charge in [0.15, 0.2) is 6.29 Å². The molecule has 0 unspecified atom stereocenters. The molecular formula is C13H11NO2S2. The van der Waals surface area contributed by atoms with Gasteiger partial charge in [0.1, 0.15) is 4.99 Å². The number of aryl methyl sites for hydroxylation is 1. The van der Waals surface area contributed by atoms with E-state index in [0.29, 0.717) is 16.1 Å². The van der Waals surface area contributed by atoms with Gasteiger partial charge in [-0.2, -0.15) is 0 Å². The average Bonchev–Trinajstić information content (AvgIpc) is 2.86. The highest BCUT2D eigenvalue weighted by Gasteiger charge is 2.15. The smallest absolute Gasteiger partial charge is 0.160 e. The number of carbonyl (C=O) groups excluding carboxylic acids is 1. The molecule has 1 N–H and O–H groups in total. The minimum absolute atomic E-state index is 0.224. The van der Waals surface area contributed by atoms with Crippen molar-refractivity contribution in [1.82, 2.24) is 0 Å². The van der Waals surface area contributed by atoms with Crippen LogP contribution in [0.15, 0.2) is 35.7 Å². The third-order valence-electron chi connectivity index (χ3n) is 2.50. The number of benzene rings is 1. The van der Waals surface area contributed by atoms with E-state index < -0.39 is 0 Å². The van der Waals surface area contributed by atoms with Crippen LogP contribution in [0.3, 0.4) is 0 Å². The number of carbonyl (C=O) groups is 1. The standard InChI is InChI=1S/C13H11NO2S2/c1-9-2-4-10(5-3-9)14(16)13(17)11-6-7-18-12(11)8-15/h2-8,16H,1H3. The molecule has 0 saturated carbocycles. The Hall–Kier alpha value is -1.56. The van der Waals surface area contributed by atoms with Crippen molar-refractivity contribution in [3.63, 3.8) is 0 Å². The molecular weight excluding hydrogens is 266 g/mol. The molecule has 2 aromatic rings. The normalized spacial score (nSPS) is 10.1. The molecule has 0 atom stereocenters. The quantitative estimate of drug-likeness (QED) is 0.530. The third-order valence-corrected chi connectivity index (χ3v) is 3.74. The molecule has 1 heterocycles. The molecule has 0 saturated heterocycles.